The zero-order valence-electron chi connectivity index (χ0n) is 11.5. The van der Waals surface area contributed by atoms with Crippen molar-refractivity contribution in [1.82, 2.24) is 5.32 Å². The van der Waals surface area contributed by atoms with Gasteiger partial charge < -0.3 is 14.2 Å². The highest BCUT2D eigenvalue weighted by Crippen LogP contribution is 2.42. The number of nitrogens with one attached hydrogen (secondary N) is 1. The molecule has 108 valence electrons. The molecule has 1 aromatic carbocycles. The Morgan fingerprint density at radius 3 is 3.10 bits per heavy atom. The van der Waals surface area contributed by atoms with Crippen LogP contribution in [0.4, 0.5) is 0 Å². The van der Waals surface area contributed by atoms with Crippen LogP contribution in [-0.2, 0) is 6.54 Å². The maximum Gasteiger partial charge on any atom is 0.231 e. The van der Waals surface area contributed by atoms with E-state index in [0.29, 0.717) is 23.8 Å². The fourth-order valence-corrected chi connectivity index (χ4v) is 2.83. The number of hydrogen-bond acceptors (Lipinski definition) is 6. The number of nitriles is 1. The van der Waals surface area contributed by atoms with E-state index in [1.54, 1.807) is 18.4 Å². The van der Waals surface area contributed by atoms with Crippen molar-refractivity contribution in [1.29, 1.82) is 5.26 Å². The summed E-state index contributed by atoms with van der Waals surface area (Å²) >= 11 is 1.66. The van der Waals surface area contributed by atoms with Gasteiger partial charge in [0.25, 0.3) is 0 Å². The SMILES string of the molecule is COc1cc(C(C#N)NCc2cccs2)cc2c1OCO2. The lowest BCUT2D eigenvalue weighted by atomic mass is 10.1. The summed E-state index contributed by atoms with van der Waals surface area (Å²) in [6, 6.07) is 9.48. The fourth-order valence-electron chi connectivity index (χ4n) is 2.17. The van der Waals surface area contributed by atoms with Crippen LogP contribution in [0.1, 0.15) is 16.5 Å². The van der Waals surface area contributed by atoms with Crippen molar-refractivity contribution in [3.05, 3.63) is 40.1 Å². The lowest BCUT2D eigenvalue weighted by Gasteiger charge is -2.13. The predicted molar refractivity (Wildman–Crippen MR) is 78.6 cm³/mol. The second-order valence-corrected chi connectivity index (χ2v) is 5.51. The average Bonchev–Trinajstić information content (AvgIpc) is 3.17. The average molecular weight is 302 g/mol. The van der Waals surface area contributed by atoms with Gasteiger partial charge in [-0.15, -0.1) is 11.3 Å². The van der Waals surface area contributed by atoms with Gasteiger partial charge in [0.2, 0.25) is 12.5 Å². The number of thiophene rings is 1. The van der Waals surface area contributed by atoms with Gasteiger partial charge in [0, 0.05) is 11.4 Å². The van der Waals surface area contributed by atoms with Gasteiger partial charge in [-0.1, -0.05) is 6.07 Å². The number of nitrogens with zero attached hydrogens (tertiary/aromatic N) is 1. The molecule has 5 nitrogen and oxygen atoms in total. The summed E-state index contributed by atoms with van der Waals surface area (Å²) in [5, 5.41) is 14.6. The molecule has 21 heavy (non-hydrogen) atoms. The molecular formula is C15H14N2O3S. The van der Waals surface area contributed by atoms with Crippen LogP contribution in [0, 0.1) is 11.3 Å². The van der Waals surface area contributed by atoms with E-state index in [4.69, 9.17) is 14.2 Å². The number of hydrogen-bond donors (Lipinski definition) is 1. The van der Waals surface area contributed by atoms with Crippen molar-refractivity contribution in [3.8, 4) is 23.3 Å². The van der Waals surface area contributed by atoms with Crippen LogP contribution >= 0.6 is 11.3 Å². The van der Waals surface area contributed by atoms with Gasteiger partial charge in [-0.2, -0.15) is 5.26 Å². The molecule has 1 aromatic heterocycles. The minimum Gasteiger partial charge on any atom is -0.493 e. The van der Waals surface area contributed by atoms with Crippen LogP contribution in [0.2, 0.25) is 0 Å². The van der Waals surface area contributed by atoms with Gasteiger partial charge in [0.1, 0.15) is 6.04 Å². The molecule has 0 amide bonds. The van der Waals surface area contributed by atoms with Gasteiger partial charge in [0.15, 0.2) is 11.5 Å². The van der Waals surface area contributed by atoms with Crippen LogP contribution in [0.5, 0.6) is 17.2 Å². The van der Waals surface area contributed by atoms with Gasteiger partial charge in [-0.3, -0.25) is 5.32 Å². The van der Waals surface area contributed by atoms with E-state index < -0.39 is 6.04 Å². The van der Waals surface area contributed by atoms with Crippen molar-refractivity contribution in [2.45, 2.75) is 12.6 Å². The number of ether oxygens (including phenoxy) is 3. The maximum absolute atomic E-state index is 9.40. The molecule has 2 aromatic rings. The van der Waals surface area contributed by atoms with Crippen molar-refractivity contribution in [3.63, 3.8) is 0 Å². The summed E-state index contributed by atoms with van der Waals surface area (Å²) < 4.78 is 16.1. The van der Waals surface area contributed by atoms with E-state index >= 15 is 0 Å². The molecule has 2 heterocycles. The van der Waals surface area contributed by atoms with Crippen LogP contribution in [-0.4, -0.2) is 13.9 Å². The highest BCUT2D eigenvalue weighted by atomic mass is 32.1. The quantitative estimate of drug-likeness (QED) is 0.920. The van der Waals surface area contributed by atoms with Gasteiger partial charge in [0.05, 0.1) is 13.2 Å². The largest absolute Gasteiger partial charge is 0.493 e. The van der Waals surface area contributed by atoms with E-state index in [9.17, 15) is 5.26 Å². The third kappa shape index (κ3) is 2.79. The molecule has 1 N–H and O–H groups in total. The molecule has 3 rings (SSSR count). The van der Waals surface area contributed by atoms with Crippen molar-refractivity contribution >= 4 is 11.3 Å². The van der Waals surface area contributed by atoms with E-state index in [0.717, 1.165) is 5.56 Å². The molecule has 1 unspecified atom stereocenters. The molecule has 1 atom stereocenters. The highest BCUT2D eigenvalue weighted by Gasteiger charge is 2.23. The standard InChI is InChI=1S/C15H14N2O3S/c1-18-13-5-10(6-14-15(13)20-9-19-14)12(7-16)17-8-11-3-2-4-21-11/h2-6,12,17H,8-9H2,1H3. The summed E-state index contributed by atoms with van der Waals surface area (Å²) in [5.41, 5.74) is 0.801. The molecule has 0 bridgehead atoms. The van der Waals surface area contributed by atoms with Gasteiger partial charge in [-0.25, -0.2) is 0 Å². The van der Waals surface area contributed by atoms with Crippen molar-refractivity contribution < 1.29 is 14.2 Å². The van der Waals surface area contributed by atoms with Crippen molar-refractivity contribution in [2.75, 3.05) is 13.9 Å². The number of benzene rings is 1. The van der Waals surface area contributed by atoms with E-state index in [-0.39, 0.29) is 6.79 Å². The third-order valence-electron chi connectivity index (χ3n) is 3.20. The summed E-state index contributed by atoms with van der Waals surface area (Å²) in [7, 11) is 1.57. The molecule has 0 spiro atoms. The normalized spacial score (nSPS) is 13.7. The molecule has 0 aliphatic carbocycles. The van der Waals surface area contributed by atoms with E-state index in [1.165, 1.54) is 4.88 Å². The first-order valence-electron chi connectivity index (χ1n) is 6.44. The molecule has 0 saturated carbocycles. The first-order chi connectivity index (χ1) is 10.3. The van der Waals surface area contributed by atoms with Gasteiger partial charge >= 0.3 is 0 Å². The van der Waals surface area contributed by atoms with Crippen LogP contribution in [0.25, 0.3) is 0 Å². The zero-order valence-corrected chi connectivity index (χ0v) is 12.3. The Morgan fingerprint density at radius 1 is 1.48 bits per heavy atom. The Balaban J connectivity index is 1.82. The topological polar surface area (TPSA) is 63.5 Å². The lowest BCUT2D eigenvalue weighted by molar-refractivity contribution is 0.171. The summed E-state index contributed by atoms with van der Waals surface area (Å²) in [6.45, 7) is 0.821. The lowest BCUT2D eigenvalue weighted by Crippen LogP contribution is -2.19. The van der Waals surface area contributed by atoms with Gasteiger partial charge in [-0.05, 0) is 29.1 Å². The summed E-state index contributed by atoms with van der Waals surface area (Å²) in [5.74, 6) is 1.79. The maximum atomic E-state index is 9.40. The fraction of sp³-hybridized carbons (Fsp3) is 0.267. The monoisotopic (exact) mass is 302 g/mol. The van der Waals surface area contributed by atoms with Crippen LogP contribution < -0.4 is 19.5 Å². The first-order valence-corrected chi connectivity index (χ1v) is 7.32. The Morgan fingerprint density at radius 2 is 2.38 bits per heavy atom. The van der Waals surface area contributed by atoms with Crippen molar-refractivity contribution in [2.24, 2.45) is 0 Å². The zero-order chi connectivity index (χ0) is 14.7. The second-order valence-electron chi connectivity index (χ2n) is 4.48. The summed E-state index contributed by atoms with van der Waals surface area (Å²) in [6.07, 6.45) is 0. The Kier molecular flexibility index (Phi) is 3.95. The summed E-state index contributed by atoms with van der Waals surface area (Å²) in [4.78, 5) is 1.18. The molecule has 6 heteroatoms. The second kappa shape index (κ2) is 6.04. The Bertz CT molecular complexity index is 664. The van der Waals surface area contributed by atoms with E-state index in [2.05, 4.69) is 11.4 Å². The molecule has 1 aliphatic rings. The molecular weight excluding hydrogens is 288 g/mol. The molecule has 0 radical (unpaired) electrons. The minimum atomic E-state index is -0.435. The predicted octanol–water partition coefficient (Wildman–Crippen LogP) is 2.84. The first kappa shape index (κ1) is 13.7. The molecule has 1 aliphatic heterocycles. The Hall–Kier alpha value is -2.23. The smallest absolute Gasteiger partial charge is 0.231 e. The number of rotatable bonds is 5. The number of fused-ring (bicyclic) bond motifs is 1. The molecule has 0 fully saturated rings. The van der Waals surface area contributed by atoms with Crippen LogP contribution in [0.3, 0.4) is 0 Å². The Labute approximate surface area is 126 Å². The van der Waals surface area contributed by atoms with Crippen LogP contribution in [0.15, 0.2) is 29.6 Å². The third-order valence-corrected chi connectivity index (χ3v) is 4.08. The highest BCUT2D eigenvalue weighted by molar-refractivity contribution is 7.09. The minimum absolute atomic E-state index is 0.176. The number of methoxy groups -OCH3 is 1. The van der Waals surface area contributed by atoms with E-state index in [1.807, 2.05) is 29.6 Å². The molecule has 0 saturated heterocycles.